The fraction of sp³-hybridized carbons (Fsp3) is 0. The molecule has 110 valence electrons. The third-order valence-corrected chi connectivity index (χ3v) is 4.17. The predicted octanol–water partition coefficient (Wildman–Crippen LogP) is 4.91. The van der Waals surface area contributed by atoms with Crippen LogP contribution in [-0.2, 0) is 0 Å². The molecule has 3 rings (SSSR count). The van der Waals surface area contributed by atoms with E-state index >= 15 is 0 Å². The Hall–Kier alpha value is -1.76. The summed E-state index contributed by atoms with van der Waals surface area (Å²) >= 11 is 14.6. The zero-order chi connectivity index (χ0) is 15.5. The van der Waals surface area contributed by atoms with Gasteiger partial charge in [-0.25, -0.2) is 5.10 Å². The molecule has 0 aliphatic rings. The van der Waals surface area contributed by atoms with E-state index in [0.29, 0.717) is 15.6 Å². The van der Waals surface area contributed by atoms with Crippen LogP contribution in [0.5, 0.6) is 0 Å². The molecule has 4 nitrogen and oxygen atoms in total. The molecule has 1 aromatic heterocycles. The minimum Gasteiger partial charge on any atom is -0.250 e. The van der Waals surface area contributed by atoms with Crippen molar-refractivity contribution in [1.29, 1.82) is 0 Å². The predicted molar refractivity (Wildman–Crippen MR) is 95.0 cm³/mol. The highest BCUT2D eigenvalue weighted by Gasteiger charge is 2.10. The monoisotopic (exact) mass is 392 g/mol. The standard InChI is InChI=1S/C15H10BrClN4S/c16-13-4-2-1-3-12(13)14-19-20-15(22)21(14)18-9-10-5-7-11(17)8-6-10/h1-9H,(H,20,22). The number of aromatic nitrogens is 3. The summed E-state index contributed by atoms with van der Waals surface area (Å²) in [7, 11) is 0. The minimum absolute atomic E-state index is 0.427. The van der Waals surface area contributed by atoms with Gasteiger partial charge in [-0.2, -0.15) is 14.9 Å². The van der Waals surface area contributed by atoms with Gasteiger partial charge in [0.15, 0.2) is 5.82 Å². The van der Waals surface area contributed by atoms with Crippen LogP contribution in [0.2, 0.25) is 5.02 Å². The maximum absolute atomic E-state index is 5.87. The van der Waals surface area contributed by atoms with Gasteiger partial charge in [-0.1, -0.05) is 51.8 Å². The van der Waals surface area contributed by atoms with Gasteiger partial charge >= 0.3 is 0 Å². The second-order valence-electron chi connectivity index (χ2n) is 4.44. The fourth-order valence-electron chi connectivity index (χ4n) is 1.89. The lowest BCUT2D eigenvalue weighted by atomic mass is 10.2. The van der Waals surface area contributed by atoms with Crippen molar-refractivity contribution < 1.29 is 0 Å². The highest BCUT2D eigenvalue weighted by atomic mass is 79.9. The van der Waals surface area contributed by atoms with Crippen molar-refractivity contribution in [2.75, 3.05) is 0 Å². The number of hydrogen-bond acceptors (Lipinski definition) is 3. The average molecular weight is 394 g/mol. The first-order chi connectivity index (χ1) is 10.6. The first-order valence-corrected chi connectivity index (χ1v) is 7.95. The maximum Gasteiger partial charge on any atom is 0.216 e. The minimum atomic E-state index is 0.427. The Morgan fingerprint density at radius 1 is 1.18 bits per heavy atom. The molecule has 1 heterocycles. The number of hydrogen-bond donors (Lipinski definition) is 1. The number of halogens is 2. The Morgan fingerprint density at radius 2 is 1.91 bits per heavy atom. The van der Waals surface area contributed by atoms with Crippen LogP contribution < -0.4 is 0 Å². The first kappa shape index (κ1) is 15.1. The molecule has 0 aliphatic heterocycles. The Bertz CT molecular complexity index is 883. The van der Waals surface area contributed by atoms with Crippen LogP contribution in [-0.4, -0.2) is 21.1 Å². The van der Waals surface area contributed by atoms with Crippen LogP contribution in [0, 0.1) is 4.77 Å². The van der Waals surface area contributed by atoms with Crippen molar-refractivity contribution in [2.45, 2.75) is 0 Å². The molecule has 0 unspecified atom stereocenters. The van der Waals surface area contributed by atoms with E-state index in [1.807, 2.05) is 48.5 Å². The summed E-state index contributed by atoms with van der Waals surface area (Å²) in [5.74, 6) is 0.641. The van der Waals surface area contributed by atoms with Gasteiger partial charge in [-0.05, 0) is 42.0 Å². The van der Waals surface area contributed by atoms with Gasteiger partial charge in [0.25, 0.3) is 0 Å². The quantitative estimate of drug-likeness (QED) is 0.508. The number of nitrogens with zero attached hydrogens (tertiary/aromatic N) is 3. The highest BCUT2D eigenvalue weighted by Crippen LogP contribution is 2.26. The van der Waals surface area contributed by atoms with E-state index in [4.69, 9.17) is 23.8 Å². The third-order valence-electron chi connectivity index (χ3n) is 2.96. The van der Waals surface area contributed by atoms with Crippen molar-refractivity contribution in [2.24, 2.45) is 5.10 Å². The average Bonchev–Trinajstić information content (AvgIpc) is 2.88. The lowest BCUT2D eigenvalue weighted by molar-refractivity contribution is 0.871. The molecule has 0 spiro atoms. The normalized spacial score (nSPS) is 11.2. The number of nitrogens with one attached hydrogen (secondary N) is 1. The summed E-state index contributed by atoms with van der Waals surface area (Å²) in [5.41, 5.74) is 1.83. The Morgan fingerprint density at radius 3 is 2.64 bits per heavy atom. The number of rotatable bonds is 3. The summed E-state index contributed by atoms with van der Waals surface area (Å²) in [6.07, 6.45) is 1.71. The zero-order valence-corrected chi connectivity index (χ0v) is 14.4. The topological polar surface area (TPSA) is 46.0 Å². The lowest BCUT2D eigenvalue weighted by Crippen LogP contribution is -1.95. The van der Waals surface area contributed by atoms with Crippen molar-refractivity contribution in [3.05, 3.63) is 68.4 Å². The smallest absolute Gasteiger partial charge is 0.216 e. The van der Waals surface area contributed by atoms with E-state index in [9.17, 15) is 0 Å². The second kappa shape index (κ2) is 6.56. The van der Waals surface area contributed by atoms with Crippen LogP contribution in [0.1, 0.15) is 5.56 Å². The second-order valence-corrected chi connectivity index (χ2v) is 6.12. The van der Waals surface area contributed by atoms with Gasteiger partial charge in [0.1, 0.15) is 0 Å². The highest BCUT2D eigenvalue weighted by molar-refractivity contribution is 9.10. The van der Waals surface area contributed by atoms with E-state index in [1.54, 1.807) is 10.9 Å². The number of H-pyrrole nitrogens is 1. The summed E-state index contributed by atoms with van der Waals surface area (Å²) in [5, 5.41) is 12.1. The molecule has 2 aromatic carbocycles. The van der Waals surface area contributed by atoms with Crippen molar-refractivity contribution in [3.63, 3.8) is 0 Å². The third kappa shape index (κ3) is 3.19. The number of benzene rings is 2. The molecule has 0 aliphatic carbocycles. The fourth-order valence-corrected chi connectivity index (χ4v) is 2.66. The molecule has 22 heavy (non-hydrogen) atoms. The molecule has 0 saturated carbocycles. The number of aromatic amines is 1. The van der Waals surface area contributed by atoms with Gasteiger partial charge in [-0.3, -0.25) is 0 Å². The van der Waals surface area contributed by atoms with E-state index < -0.39 is 0 Å². The first-order valence-electron chi connectivity index (χ1n) is 6.37. The van der Waals surface area contributed by atoms with E-state index in [1.165, 1.54) is 0 Å². The van der Waals surface area contributed by atoms with Crippen molar-refractivity contribution >= 4 is 46.0 Å². The van der Waals surface area contributed by atoms with Gasteiger partial charge in [-0.15, -0.1) is 0 Å². The largest absolute Gasteiger partial charge is 0.250 e. The summed E-state index contributed by atoms with van der Waals surface area (Å²) in [4.78, 5) is 0. The molecule has 1 N–H and O–H groups in total. The van der Waals surface area contributed by atoms with Crippen molar-refractivity contribution in [3.8, 4) is 11.4 Å². The van der Waals surface area contributed by atoms with Crippen molar-refractivity contribution in [1.82, 2.24) is 14.9 Å². The van der Waals surface area contributed by atoms with Gasteiger partial charge in [0, 0.05) is 15.1 Å². The Labute approximate surface area is 145 Å². The zero-order valence-electron chi connectivity index (χ0n) is 11.2. The van der Waals surface area contributed by atoms with E-state index in [-0.39, 0.29) is 0 Å². The van der Waals surface area contributed by atoms with Gasteiger partial charge in [0.2, 0.25) is 4.77 Å². The van der Waals surface area contributed by atoms with Crippen LogP contribution in [0.25, 0.3) is 11.4 Å². The molecular weight excluding hydrogens is 384 g/mol. The van der Waals surface area contributed by atoms with Gasteiger partial charge in [0.05, 0.1) is 6.21 Å². The van der Waals surface area contributed by atoms with E-state index in [0.717, 1.165) is 15.6 Å². The van der Waals surface area contributed by atoms with E-state index in [2.05, 4.69) is 31.2 Å². The molecule has 7 heteroatoms. The molecule has 0 atom stereocenters. The van der Waals surface area contributed by atoms with Crippen LogP contribution in [0.15, 0.2) is 58.1 Å². The molecule has 0 radical (unpaired) electrons. The molecule has 0 fully saturated rings. The summed E-state index contributed by atoms with van der Waals surface area (Å²) < 4.78 is 2.94. The molecule has 3 aromatic rings. The molecular formula is C15H10BrClN4S. The summed E-state index contributed by atoms with van der Waals surface area (Å²) in [6, 6.07) is 15.2. The Kier molecular flexibility index (Phi) is 4.52. The molecule has 0 amide bonds. The lowest BCUT2D eigenvalue weighted by Gasteiger charge is -2.03. The van der Waals surface area contributed by atoms with Crippen LogP contribution in [0.3, 0.4) is 0 Å². The summed E-state index contributed by atoms with van der Waals surface area (Å²) in [6.45, 7) is 0. The van der Waals surface area contributed by atoms with Gasteiger partial charge < -0.3 is 0 Å². The van der Waals surface area contributed by atoms with Crippen LogP contribution >= 0.6 is 39.7 Å². The molecule has 0 bridgehead atoms. The molecule has 0 saturated heterocycles. The van der Waals surface area contributed by atoms with Crippen LogP contribution in [0.4, 0.5) is 0 Å². The SMILES string of the molecule is S=c1[nH]nc(-c2ccccc2Br)n1N=Cc1ccc(Cl)cc1. The Balaban J connectivity index is 2.02. The maximum atomic E-state index is 5.87.